The molecule has 9 nitrogen and oxygen atoms in total. The third-order valence-corrected chi connectivity index (χ3v) is 11.5. The molecule has 2 aliphatic rings. The van der Waals surface area contributed by atoms with Gasteiger partial charge in [0, 0.05) is 61.7 Å². The van der Waals surface area contributed by atoms with E-state index in [2.05, 4.69) is 102 Å². The van der Waals surface area contributed by atoms with E-state index >= 15 is 0 Å². The van der Waals surface area contributed by atoms with Crippen LogP contribution in [-0.4, -0.2) is 84.5 Å². The van der Waals surface area contributed by atoms with Crippen molar-refractivity contribution in [2.45, 2.75) is 96.9 Å². The van der Waals surface area contributed by atoms with Gasteiger partial charge in [-0.2, -0.15) is 4.37 Å². The maximum atomic E-state index is 13.1. The van der Waals surface area contributed by atoms with Gasteiger partial charge in [0.1, 0.15) is 18.7 Å². The van der Waals surface area contributed by atoms with Crippen molar-refractivity contribution in [2.24, 2.45) is 0 Å². The summed E-state index contributed by atoms with van der Waals surface area (Å²) in [6.07, 6.45) is 28.4. The van der Waals surface area contributed by atoms with E-state index in [-0.39, 0.29) is 19.0 Å². The first kappa shape index (κ1) is 45.0. The van der Waals surface area contributed by atoms with Crippen molar-refractivity contribution in [1.29, 1.82) is 0 Å². The molecule has 2 unspecified atom stereocenters. The highest BCUT2D eigenvalue weighted by molar-refractivity contribution is 7.13. The molecular weight excluding hydrogens is 768 g/mol. The van der Waals surface area contributed by atoms with Crippen LogP contribution in [0.5, 0.6) is 0 Å². The number of allylic oxidation sites excluding steroid dienone is 10. The molecule has 3 heterocycles. The molecule has 2 aliphatic heterocycles. The van der Waals surface area contributed by atoms with Crippen molar-refractivity contribution < 1.29 is 24.2 Å². The molecule has 312 valence electrons. The number of rotatable bonds is 24. The highest BCUT2D eigenvalue weighted by Gasteiger charge is 2.39. The molecule has 0 saturated carbocycles. The van der Waals surface area contributed by atoms with Crippen LogP contribution in [0.25, 0.3) is 10.1 Å². The molecule has 0 amide bonds. The van der Waals surface area contributed by atoms with E-state index in [0.29, 0.717) is 30.0 Å². The number of carbonyl (C=O) groups is 2. The van der Waals surface area contributed by atoms with E-state index < -0.39 is 18.4 Å². The Bertz CT molecular complexity index is 1900. The summed E-state index contributed by atoms with van der Waals surface area (Å²) in [6, 6.07) is 12.2. The minimum Gasteiger partial charge on any atom is -0.463 e. The van der Waals surface area contributed by atoms with Crippen molar-refractivity contribution in [1.82, 2.24) is 9.27 Å². The molecule has 5 rings (SSSR count). The van der Waals surface area contributed by atoms with Gasteiger partial charge in [-0.05, 0) is 99.1 Å². The van der Waals surface area contributed by atoms with Gasteiger partial charge in [-0.1, -0.05) is 104 Å². The van der Waals surface area contributed by atoms with Crippen molar-refractivity contribution in [3.63, 3.8) is 0 Å². The largest absolute Gasteiger partial charge is 0.463 e. The van der Waals surface area contributed by atoms with Gasteiger partial charge in [-0.3, -0.25) is 9.69 Å². The van der Waals surface area contributed by atoms with E-state index in [1.54, 1.807) is 24.5 Å². The van der Waals surface area contributed by atoms with Crippen molar-refractivity contribution >= 4 is 56.5 Å². The van der Waals surface area contributed by atoms with Crippen LogP contribution in [0, 0.1) is 0 Å². The van der Waals surface area contributed by atoms with E-state index in [1.807, 2.05) is 6.07 Å². The van der Waals surface area contributed by atoms with Crippen molar-refractivity contribution in [3.8, 4) is 0 Å². The van der Waals surface area contributed by atoms with Crippen LogP contribution in [0.1, 0.15) is 82.8 Å². The van der Waals surface area contributed by atoms with Crippen LogP contribution in [0.3, 0.4) is 0 Å². The second-order valence-corrected chi connectivity index (χ2v) is 15.9. The number of halogens is 1. The zero-order valence-electron chi connectivity index (χ0n) is 34.3. The molecule has 1 N–H and O–H groups in total. The average Bonchev–Trinajstić information content (AvgIpc) is 3.80. The first-order valence-electron chi connectivity index (χ1n) is 21.0. The standard InChI is InChI=1S/C47H61ClN4O5S/c1-3-5-6-7-8-9-10-11-12-13-14-15-16-17-18-19-20-21-24-39(53)36-57-46(47(55)56-4-2)52-42-35-41(48)37(33-38(42)34-44(52)54)27-28-50-29-31-51(32-30-50)45-40-25-22-23-26-43(40)58-49-45/h6-7,9-10,12-13,15-16,18-19,22-23,25-26,33,35,44,46,54H,3-5,8,11,14,17,20-21,24,27-32,34,36H2,1-2H3/b7-6-,10-9-,13-12-,16-15-,19-18-. The number of ketones is 1. The van der Waals surface area contributed by atoms with Gasteiger partial charge in [0.15, 0.2) is 5.78 Å². The van der Waals surface area contributed by atoms with Gasteiger partial charge in [0.25, 0.3) is 0 Å². The molecular formula is C47H61ClN4O5S. The minimum atomic E-state index is -1.27. The van der Waals surface area contributed by atoms with E-state index in [4.69, 9.17) is 25.4 Å². The fourth-order valence-electron chi connectivity index (χ4n) is 7.18. The molecule has 11 heteroatoms. The molecule has 1 saturated heterocycles. The van der Waals surface area contributed by atoms with Crippen LogP contribution in [0.15, 0.2) is 97.2 Å². The molecule has 0 spiro atoms. The lowest BCUT2D eigenvalue weighted by Crippen LogP contribution is -2.48. The number of fused-ring (bicyclic) bond motifs is 2. The Morgan fingerprint density at radius 3 is 2.24 bits per heavy atom. The lowest BCUT2D eigenvalue weighted by Gasteiger charge is -2.35. The monoisotopic (exact) mass is 828 g/mol. The molecule has 1 fully saturated rings. The van der Waals surface area contributed by atoms with Crippen LogP contribution in [0.4, 0.5) is 11.5 Å². The molecule has 0 radical (unpaired) electrons. The maximum Gasteiger partial charge on any atom is 0.356 e. The number of aliphatic hydroxyl groups excluding tert-OH is 1. The van der Waals surface area contributed by atoms with E-state index in [9.17, 15) is 14.7 Å². The first-order valence-corrected chi connectivity index (χ1v) is 22.2. The summed E-state index contributed by atoms with van der Waals surface area (Å²) in [4.78, 5) is 32.3. The Hall–Kier alpha value is -4.06. The van der Waals surface area contributed by atoms with Crippen LogP contribution in [-0.2, 0) is 31.9 Å². The van der Waals surface area contributed by atoms with E-state index in [0.717, 1.165) is 94.6 Å². The van der Waals surface area contributed by atoms with Gasteiger partial charge in [-0.25, -0.2) is 4.79 Å². The summed E-state index contributed by atoms with van der Waals surface area (Å²) in [5.41, 5.74) is 2.49. The minimum absolute atomic E-state index is 0.111. The van der Waals surface area contributed by atoms with Crippen LogP contribution < -0.4 is 9.80 Å². The Morgan fingerprint density at radius 1 is 0.914 bits per heavy atom. The molecule has 58 heavy (non-hydrogen) atoms. The number of benzene rings is 2. The normalized spacial score (nSPS) is 17.0. The summed E-state index contributed by atoms with van der Waals surface area (Å²) in [5, 5.41) is 13.0. The molecule has 2 aromatic carbocycles. The Balaban J connectivity index is 1.03. The molecule has 0 aliphatic carbocycles. The lowest BCUT2D eigenvalue weighted by molar-refractivity contribution is -0.159. The smallest absolute Gasteiger partial charge is 0.356 e. The number of unbranched alkanes of at least 4 members (excludes halogenated alkanes) is 2. The Labute approximate surface area is 354 Å². The fraction of sp³-hybridized carbons (Fsp3) is 0.468. The van der Waals surface area contributed by atoms with E-state index in [1.165, 1.54) is 21.4 Å². The number of aromatic nitrogens is 1. The number of anilines is 2. The summed E-state index contributed by atoms with van der Waals surface area (Å²) < 4.78 is 17.2. The predicted octanol–water partition coefficient (Wildman–Crippen LogP) is 9.78. The second kappa shape index (κ2) is 24.8. The van der Waals surface area contributed by atoms with Gasteiger partial charge in [0.2, 0.25) is 6.23 Å². The van der Waals surface area contributed by atoms with Gasteiger partial charge in [-0.15, -0.1) is 0 Å². The van der Waals surface area contributed by atoms with Gasteiger partial charge >= 0.3 is 5.97 Å². The highest BCUT2D eigenvalue weighted by Crippen LogP contribution is 2.38. The third-order valence-electron chi connectivity index (χ3n) is 10.3. The summed E-state index contributed by atoms with van der Waals surface area (Å²) in [6.45, 7) is 8.33. The summed E-state index contributed by atoms with van der Waals surface area (Å²) >= 11 is 8.40. The van der Waals surface area contributed by atoms with Crippen molar-refractivity contribution in [2.75, 3.05) is 55.7 Å². The number of Topliss-reactive ketones (excluding diaryl/α,β-unsaturated/α-hetero) is 1. The molecule has 3 aromatic rings. The van der Waals surface area contributed by atoms with Gasteiger partial charge in [0.05, 0.1) is 11.3 Å². The highest BCUT2D eigenvalue weighted by atomic mass is 35.5. The number of carbonyl (C=O) groups excluding carboxylic acids is 2. The summed E-state index contributed by atoms with van der Waals surface area (Å²) in [7, 11) is 0. The number of hydrogen-bond donors (Lipinski definition) is 1. The molecule has 0 bridgehead atoms. The molecule has 2 atom stereocenters. The predicted molar refractivity (Wildman–Crippen MR) is 240 cm³/mol. The lowest BCUT2D eigenvalue weighted by atomic mass is 10.0. The third kappa shape index (κ3) is 13.8. The maximum absolute atomic E-state index is 13.1. The fourth-order valence-corrected chi connectivity index (χ4v) is 8.23. The zero-order chi connectivity index (χ0) is 41.0. The quantitative estimate of drug-likeness (QED) is 0.0538. The number of esters is 1. The van der Waals surface area contributed by atoms with Crippen LogP contribution in [0.2, 0.25) is 5.02 Å². The van der Waals surface area contributed by atoms with Crippen molar-refractivity contribution in [3.05, 3.63) is 113 Å². The van der Waals surface area contributed by atoms with Crippen LogP contribution >= 0.6 is 23.1 Å². The number of ether oxygens (including phenoxy) is 2. The zero-order valence-corrected chi connectivity index (χ0v) is 35.8. The SMILES string of the molecule is CCC/C=C\C/C=C\C/C=C\C/C=C\C/C=C\CCCC(=O)COC(C(=O)OCC)N1c2cc(Cl)c(CCN3CCN(c4nsc5ccccc45)CC3)cc2CC1O. The second-order valence-electron chi connectivity index (χ2n) is 14.7. The Morgan fingerprint density at radius 2 is 1.57 bits per heavy atom. The number of hydrogen-bond acceptors (Lipinski definition) is 10. The number of piperazine rings is 1. The first-order chi connectivity index (χ1) is 28.4. The number of nitrogens with zero attached hydrogens (tertiary/aromatic N) is 4. The van der Waals surface area contributed by atoms with Gasteiger partial charge < -0.3 is 24.4 Å². The summed E-state index contributed by atoms with van der Waals surface area (Å²) in [5.74, 6) is 0.313. The Kier molecular flexibility index (Phi) is 19.2. The number of aliphatic hydroxyl groups is 1. The topological polar surface area (TPSA) is 95.4 Å². The average molecular weight is 830 g/mol. The molecule has 1 aromatic heterocycles.